The van der Waals surface area contributed by atoms with Crippen LogP contribution >= 0.6 is 0 Å². The number of methoxy groups -OCH3 is 1. The molecule has 6 nitrogen and oxygen atoms in total. The van der Waals surface area contributed by atoms with Crippen LogP contribution < -0.4 is 5.32 Å². The number of carbonyl (C=O) groups is 2. The van der Waals surface area contributed by atoms with E-state index in [0.29, 0.717) is 5.56 Å². The van der Waals surface area contributed by atoms with Gasteiger partial charge in [-0.15, -0.1) is 0 Å². The molecule has 26 heavy (non-hydrogen) atoms. The Kier molecular flexibility index (Phi) is 5.43. The summed E-state index contributed by atoms with van der Waals surface area (Å²) in [4.78, 5) is 28.4. The van der Waals surface area contributed by atoms with Gasteiger partial charge in [0, 0.05) is 18.0 Å². The number of benzene rings is 2. The molecular weight excluding hydrogens is 330 g/mol. The second kappa shape index (κ2) is 8.11. The van der Waals surface area contributed by atoms with Gasteiger partial charge in [0.05, 0.1) is 20.0 Å². The minimum Gasteiger partial charge on any atom is -0.467 e. The van der Waals surface area contributed by atoms with Crippen molar-refractivity contribution in [1.29, 1.82) is 0 Å². The minimum absolute atomic E-state index is 0.251. The molecule has 3 rings (SSSR count). The van der Waals surface area contributed by atoms with E-state index in [0.717, 1.165) is 11.1 Å². The van der Waals surface area contributed by atoms with E-state index in [4.69, 9.17) is 4.74 Å². The third-order valence-electron chi connectivity index (χ3n) is 4.00. The predicted octanol–water partition coefficient (Wildman–Crippen LogP) is 2.52. The summed E-state index contributed by atoms with van der Waals surface area (Å²) in [6, 6.07) is 16.3. The average Bonchev–Trinajstić information content (AvgIpc) is 3.20. The fraction of sp³-hybridized carbons (Fsp3) is 0.150. The summed E-state index contributed by atoms with van der Waals surface area (Å²) in [5.41, 5.74) is 2.57. The first kappa shape index (κ1) is 17.4. The van der Waals surface area contributed by atoms with E-state index in [1.807, 2.05) is 42.5 Å². The number of nitrogens with one attached hydrogen (secondary N) is 1. The van der Waals surface area contributed by atoms with Crippen LogP contribution in [-0.4, -0.2) is 34.6 Å². The van der Waals surface area contributed by atoms with Crippen LogP contribution in [0.3, 0.4) is 0 Å². The standard InChI is InChI=1S/C20H19N3O3/c1-26-20(25)18(13-23-12-11-21-14-23)22-19(24)17-9-7-16(8-10-17)15-5-3-2-4-6-15/h2-12,14,18H,13H2,1H3,(H,22,24)/t18-/m0/s1. The molecule has 2 aromatic carbocycles. The lowest BCUT2D eigenvalue weighted by Crippen LogP contribution is -2.44. The van der Waals surface area contributed by atoms with Crippen molar-refractivity contribution >= 4 is 11.9 Å². The van der Waals surface area contributed by atoms with Gasteiger partial charge in [-0.1, -0.05) is 42.5 Å². The Morgan fingerprint density at radius 1 is 1.08 bits per heavy atom. The molecule has 1 aromatic heterocycles. The second-order valence-electron chi connectivity index (χ2n) is 5.75. The van der Waals surface area contributed by atoms with Crippen LogP contribution in [0.4, 0.5) is 0 Å². The van der Waals surface area contributed by atoms with Crippen molar-refractivity contribution < 1.29 is 14.3 Å². The van der Waals surface area contributed by atoms with Crippen molar-refractivity contribution in [3.63, 3.8) is 0 Å². The van der Waals surface area contributed by atoms with Crippen LogP contribution in [0.2, 0.25) is 0 Å². The lowest BCUT2D eigenvalue weighted by Gasteiger charge is -2.17. The van der Waals surface area contributed by atoms with Crippen molar-refractivity contribution in [2.24, 2.45) is 0 Å². The second-order valence-corrected chi connectivity index (χ2v) is 5.75. The third kappa shape index (κ3) is 4.16. The fourth-order valence-corrected chi connectivity index (χ4v) is 2.61. The van der Waals surface area contributed by atoms with E-state index in [9.17, 15) is 9.59 Å². The molecule has 6 heteroatoms. The van der Waals surface area contributed by atoms with Gasteiger partial charge in [-0.3, -0.25) is 4.79 Å². The molecule has 0 aliphatic heterocycles. The first-order chi connectivity index (χ1) is 12.7. The molecule has 1 atom stereocenters. The molecule has 0 bridgehead atoms. The number of aromatic nitrogens is 2. The highest BCUT2D eigenvalue weighted by Crippen LogP contribution is 2.19. The van der Waals surface area contributed by atoms with Gasteiger partial charge in [0.1, 0.15) is 6.04 Å². The van der Waals surface area contributed by atoms with E-state index in [2.05, 4.69) is 10.3 Å². The van der Waals surface area contributed by atoms with Gasteiger partial charge in [-0.05, 0) is 23.3 Å². The molecule has 0 spiro atoms. The van der Waals surface area contributed by atoms with Gasteiger partial charge >= 0.3 is 5.97 Å². The van der Waals surface area contributed by atoms with E-state index in [1.165, 1.54) is 7.11 Å². The maximum atomic E-state index is 12.5. The summed E-state index contributed by atoms with van der Waals surface area (Å²) in [5.74, 6) is -0.840. The number of hydrogen-bond donors (Lipinski definition) is 1. The van der Waals surface area contributed by atoms with Gasteiger partial charge < -0.3 is 14.6 Å². The molecule has 132 valence electrons. The zero-order valence-electron chi connectivity index (χ0n) is 14.3. The lowest BCUT2D eigenvalue weighted by molar-refractivity contribution is -0.143. The fourth-order valence-electron chi connectivity index (χ4n) is 2.61. The summed E-state index contributed by atoms with van der Waals surface area (Å²) in [7, 11) is 1.30. The first-order valence-corrected chi connectivity index (χ1v) is 8.17. The molecule has 0 saturated heterocycles. The summed E-state index contributed by atoms with van der Waals surface area (Å²) in [6.45, 7) is 0.251. The number of nitrogens with zero attached hydrogens (tertiary/aromatic N) is 2. The molecule has 0 unspecified atom stereocenters. The number of ether oxygens (including phenoxy) is 1. The summed E-state index contributed by atoms with van der Waals surface area (Å²) in [6.07, 6.45) is 4.91. The van der Waals surface area contributed by atoms with Crippen LogP contribution in [0.25, 0.3) is 11.1 Å². The number of esters is 1. The van der Waals surface area contributed by atoms with Crippen LogP contribution in [0.5, 0.6) is 0 Å². The Morgan fingerprint density at radius 2 is 1.77 bits per heavy atom. The van der Waals surface area contributed by atoms with Crippen molar-refractivity contribution in [1.82, 2.24) is 14.9 Å². The topological polar surface area (TPSA) is 73.2 Å². The number of carbonyl (C=O) groups excluding carboxylic acids is 2. The molecular formula is C20H19N3O3. The highest BCUT2D eigenvalue weighted by Gasteiger charge is 2.22. The monoisotopic (exact) mass is 349 g/mol. The van der Waals surface area contributed by atoms with E-state index in [1.54, 1.807) is 35.4 Å². The molecule has 1 amide bonds. The maximum absolute atomic E-state index is 12.5. The number of hydrogen-bond acceptors (Lipinski definition) is 4. The van der Waals surface area contributed by atoms with Gasteiger partial charge in [0.15, 0.2) is 0 Å². The van der Waals surface area contributed by atoms with Crippen LogP contribution in [0.1, 0.15) is 10.4 Å². The molecule has 0 fully saturated rings. The molecule has 0 radical (unpaired) electrons. The van der Waals surface area contributed by atoms with Crippen molar-refractivity contribution in [2.75, 3.05) is 7.11 Å². The Bertz CT molecular complexity index is 859. The van der Waals surface area contributed by atoms with E-state index < -0.39 is 12.0 Å². The Morgan fingerprint density at radius 3 is 2.38 bits per heavy atom. The van der Waals surface area contributed by atoms with Crippen molar-refractivity contribution in [3.8, 4) is 11.1 Å². The van der Waals surface area contributed by atoms with Gasteiger partial charge in [-0.2, -0.15) is 0 Å². The number of imidazole rings is 1. The Labute approximate surface area is 151 Å². The minimum atomic E-state index is -0.796. The predicted molar refractivity (Wildman–Crippen MR) is 97.4 cm³/mol. The Hall–Kier alpha value is -3.41. The number of rotatable bonds is 6. The average molecular weight is 349 g/mol. The molecule has 0 aliphatic rings. The van der Waals surface area contributed by atoms with Crippen LogP contribution in [0, 0.1) is 0 Å². The third-order valence-corrected chi connectivity index (χ3v) is 4.00. The number of amides is 1. The van der Waals surface area contributed by atoms with Gasteiger partial charge in [-0.25, -0.2) is 9.78 Å². The summed E-state index contributed by atoms with van der Waals surface area (Å²) >= 11 is 0. The SMILES string of the molecule is COC(=O)[C@H](Cn1ccnc1)NC(=O)c1ccc(-c2ccccc2)cc1. The smallest absolute Gasteiger partial charge is 0.330 e. The van der Waals surface area contributed by atoms with Crippen LogP contribution in [0.15, 0.2) is 73.3 Å². The van der Waals surface area contributed by atoms with Crippen molar-refractivity contribution in [3.05, 3.63) is 78.9 Å². The van der Waals surface area contributed by atoms with Crippen molar-refractivity contribution in [2.45, 2.75) is 12.6 Å². The largest absolute Gasteiger partial charge is 0.467 e. The quantitative estimate of drug-likeness (QED) is 0.694. The molecule has 0 saturated carbocycles. The van der Waals surface area contributed by atoms with Gasteiger partial charge in [0.25, 0.3) is 5.91 Å². The van der Waals surface area contributed by atoms with E-state index in [-0.39, 0.29) is 12.5 Å². The lowest BCUT2D eigenvalue weighted by atomic mass is 10.0. The van der Waals surface area contributed by atoms with Crippen LogP contribution in [-0.2, 0) is 16.1 Å². The zero-order chi connectivity index (χ0) is 18.4. The van der Waals surface area contributed by atoms with Gasteiger partial charge in [0.2, 0.25) is 0 Å². The summed E-state index contributed by atoms with van der Waals surface area (Å²) in [5, 5.41) is 2.72. The zero-order valence-corrected chi connectivity index (χ0v) is 14.3. The summed E-state index contributed by atoms with van der Waals surface area (Å²) < 4.78 is 6.50. The highest BCUT2D eigenvalue weighted by atomic mass is 16.5. The molecule has 1 N–H and O–H groups in total. The maximum Gasteiger partial charge on any atom is 0.330 e. The molecule has 3 aromatic rings. The first-order valence-electron chi connectivity index (χ1n) is 8.17. The molecule has 1 heterocycles. The highest BCUT2D eigenvalue weighted by molar-refractivity contribution is 5.97. The normalized spacial score (nSPS) is 11.6. The Balaban J connectivity index is 1.71. The molecule has 0 aliphatic carbocycles. The van der Waals surface area contributed by atoms with E-state index >= 15 is 0 Å².